The molecule has 0 bridgehead atoms. The summed E-state index contributed by atoms with van der Waals surface area (Å²) in [5.41, 5.74) is 1.59. The van der Waals surface area contributed by atoms with Gasteiger partial charge < -0.3 is 15.5 Å². The van der Waals surface area contributed by atoms with E-state index in [2.05, 4.69) is 29.4 Å². The van der Waals surface area contributed by atoms with E-state index in [1.165, 1.54) is 11.3 Å². The first kappa shape index (κ1) is 18.2. The molecule has 0 saturated heterocycles. The lowest BCUT2D eigenvalue weighted by atomic mass is 10.1. The second-order valence-electron chi connectivity index (χ2n) is 5.29. The van der Waals surface area contributed by atoms with Gasteiger partial charge in [0.2, 0.25) is 0 Å². The van der Waals surface area contributed by atoms with Crippen LogP contribution < -0.4 is 10.6 Å². The van der Waals surface area contributed by atoms with E-state index in [0.717, 1.165) is 19.6 Å². The lowest BCUT2D eigenvalue weighted by Crippen LogP contribution is -2.35. The summed E-state index contributed by atoms with van der Waals surface area (Å²) in [6.07, 6.45) is 0. The van der Waals surface area contributed by atoms with Gasteiger partial charge in [0.15, 0.2) is 0 Å². The van der Waals surface area contributed by atoms with Crippen LogP contribution in [-0.4, -0.2) is 42.9 Å². The molecule has 0 atom stereocenters. The van der Waals surface area contributed by atoms with Crippen molar-refractivity contribution in [3.05, 3.63) is 52.2 Å². The van der Waals surface area contributed by atoms with Crippen molar-refractivity contribution in [2.45, 2.75) is 13.8 Å². The highest BCUT2D eigenvalue weighted by Crippen LogP contribution is 2.17. The summed E-state index contributed by atoms with van der Waals surface area (Å²) in [4.78, 5) is 26.8. The van der Waals surface area contributed by atoms with Crippen LogP contribution in [-0.2, 0) is 0 Å². The largest absolute Gasteiger partial charge is 0.351 e. The Kier molecular flexibility index (Phi) is 6.96. The number of likely N-dealkylation sites (N-methyl/N-ethyl adjacent to an activating group) is 1. The second kappa shape index (κ2) is 9.20. The van der Waals surface area contributed by atoms with Crippen molar-refractivity contribution in [3.8, 4) is 0 Å². The normalized spacial score (nSPS) is 10.6. The molecule has 2 N–H and O–H groups in total. The van der Waals surface area contributed by atoms with E-state index >= 15 is 0 Å². The molecule has 1 aromatic heterocycles. The zero-order chi connectivity index (χ0) is 17.4. The number of carbonyl (C=O) groups excluding carboxylic acids is 2. The van der Waals surface area contributed by atoms with E-state index in [9.17, 15) is 9.59 Å². The van der Waals surface area contributed by atoms with Crippen molar-refractivity contribution in [1.29, 1.82) is 0 Å². The number of nitrogens with one attached hydrogen (secondary N) is 2. The molecule has 0 unspecified atom stereocenters. The van der Waals surface area contributed by atoms with Gasteiger partial charge >= 0.3 is 0 Å². The van der Waals surface area contributed by atoms with Crippen molar-refractivity contribution in [1.82, 2.24) is 10.2 Å². The molecule has 0 saturated carbocycles. The average Bonchev–Trinajstić information content (AvgIpc) is 3.14. The maximum absolute atomic E-state index is 12.4. The fourth-order valence-electron chi connectivity index (χ4n) is 2.34. The Balaban J connectivity index is 2.00. The van der Waals surface area contributed by atoms with Crippen LogP contribution in [0.3, 0.4) is 0 Å². The minimum absolute atomic E-state index is 0.177. The first-order chi connectivity index (χ1) is 11.7. The van der Waals surface area contributed by atoms with Gasteiger partial charge in [-0.3, -0.25) is 9.59 Å². The van der Waals surface area contributed by atoms with Crippen LogP contribution in [0.4, 0.5) is 5.69 Å². The summed E-state index contributed by atoms with van der Waals surface area (Å²) >= 11 is 1.46. The molecule has 24 heavy (non-hydrogen) atoms. The Hall–Kier alpha value is -2.18. The van der Waals surface area contributed by atoms with E-state index < -0.39 is 0 Å². The second-order valence-corrected chi connectivity index (χ2v) is 6.07. The molecule has 2 aromatic rings. The van der Waals surface area contributed by atoms with Gasteiger partial charge in [-0.25, -0.2) is 0 Å². The lowest BCUT2D eigenvalue weighted by molar-refractivity contribution is 0.0950. The van der Waals surface area contributed by atoms with Gasteiger partial charge in [0.05, 0.1) is 16.8 Å². The highest BCUT2D eigenvalue weighted by atomic mass is 32.1. The van der Waals surface area contributed by atoms with Gasteiger partial charge in [0.25, 0.3) is 11.8 Å². The zero-order valence-corrected chi connectivity index (χ0v) is 14.9. The molecule has 1 heterocycles. The lowest BCUT2D eigenvalue weighted by Gasteiger charge is -2.18. The molecule has 0 radical (unpaired) electrons. The van der Waals surface area contributed by atoms with Crippen molar-refractivity contribution in [2.75, 3.05) is 31.5 Å². The Morgan fingerprint density at radius 3 is 2.50 bits per heavy atom. The number of para-hydroxylation sites is 1. The predicted molar refractivity (Wildman–Crippen MR) is 98.8 cm³/mol. The summed E-state index contributed by atoms with van der Waals surface area (Å²) in [5.74, 6) is -0.386. The van der Waals surface area contributed by atoms with Gasteiger partial charge in [0.1, 0.15) is 0 Å². The van der Waals surface area contributed by atoms with Crippen LogP contribution >= 0.6 is 11.3 Å². The molecule has 0 aliphatic rings. The summed E-state index contributed by atoms with van der Waals surface area (Å²) in [6.45, 7) is 7.50. The van der Waals surface area contributed by atoms with E-state index in [-0.39, 0.29) is 11.8 Å². The maximum Gasteiger partial charge on any atom is 0.256 e. The highest BCUT2D eigenvalue weighted by molar-refractivity contribution is 7.08. The number of carbonyl (C=O) groups is 2. The third-order valence-corrected chi connectivity index (χ3v) is 4.49. The molecular formula is C18H23N3O2S. The van der Waals surface area contributed by atoms with Crippen LogP contribution in [0.5, 0.6) is 0 Å². The molecule has 1 aromatic carbocycles. The number of hydrogen-bond donors (Lipinski definition) is 2. The summed E-state index contributed by atoms with van der Waals surface area (Å²) in [5, 5.41) is 9.36. The molecule has 0 fully saturated rings. The van der Waals surface area contributed by atoms with Crippen molar-refractivity contribution >= 4 is 28.8 Å². The maximum atomic E-state index is 12.4. The van der Waals surface area contributed by atoms with Crippen molar-refractivity contribution < 1.29 is 9.59 Å². The summed E-state index contributed by atoms with van der Waals surface area (Å²) in [6, 6.07) is 8.81. The standard InChI is InChI=1S/C18H23N3O2S/c1-3-21(4-2)11-10-19-18(23)15-7-5-6-8-16(15)20-17(22)14-9-12-24-13-14/h5-9,12-13H,3-4,10-11H2,1-2H3,(H,19,23)(H,20,22). The number of nitrogens with zero attached hydrogens (tertiary/aromatic N) is 1. The minimum Gasteiger partial charge on any atom is -0.351 e. The molecular weight excluding hydrogens is 322 g/mol. The Morgan fingerprint density at radius 1 is 1.08 bits per heavy atom. The third-order valence-electron chi connectivity index (χ3n) is 3.81. The number of hydrogen-bond acceptors (Lipinski definition) is 4. The number of thiophene rings is 1. The van der Waals surface area contributed by atoms with E-state index in [4.69, 9.17) is 0 Å². The highest BCUT2D eigenvalue weighted by Gasteiger charge is 2.14. The number of amides is 2. The van der Waals surface area contributed by atoms with Gasteiger partial charge in [-0.1, -0.05) is 26.0 Å². The van der Waals surface area contributed by atoms with Crippen LogP contribution in [0.25, 0.3) is 0 Å². The van der Waals surface area contributed by atoms with Crippen molar-refractivity contribution in [2.24, 2.45) is 0 Å². The first-order valence-corrected chi connectivity index (χ1v) is 9.03. The molecule has 128 valence electrons. The van der Waals surface area contributed by atoms with Gasteiger partial charge in [0, 0.05) is 18.5 Å². The van der Waals surface area contributed by atoms with E-state index in [1.54, 1.807) is 35.7 Å². The number of rotatable bonds is 8. The molecule has 0 spiro atoms. The van der Waals surface area contributed by atoms with Crippen LogP contribution in [0.15, 0.2) is 41.1 Å². The van der Waals surface area contributed by atoms with Crippen LogP contribution in [0, 0.1) is 0 Å². The fraction of sp³-hybridized carbons (Fsp3) is 0.333. The van der Waals surface area contributed by atoms with Crippen LogP contribution in [0.2, 0.25) is 0 Å². The third kappa shape index (κ3) is 4.91. The first-order valence-electron chi connectivity index (χ1n) is 8.08. The Labute approximate surface area is 146 Å². The molecule has 0 aliphatic heterocycles. The minimum atomic E-state index is -0.209. The predicted octanol–water partition coefficient (Wildman–Crippen LogP) is 3.07. The van der Waals surface area contributed by atoms with Crippen LogP contribution in [0.1, 0.15) is 34.6 Å². The van der Waals surface area contributed by atoms with Gasteiger partial charge in [-0.05, 0) is 36.7 Å². The number of anilines is 1. The molecule has 2 amide bonds. The average molecular weight is 345 g/mol. The quantitative estimate of drug-likeness (QED) is 0.773. The Morgan fingerprint density at radius 2 is 1.83 bits per heavy atom. The summed E-state index contributed by atoms with van der Waals surface area (Å²) < 4.78 is 0. The smallest absolute Gasteiger partial charge is 0.256 e. The molecule has 6 heteroatoms. The van der Waals surface area contributed by atoms with E-state index in [0.29, 0.717) is 23.4 Å². The SMILES string of the molecule is CCN(CC)CCNC(=O)c1ccccc1NC(=O)c1ccsc1. The molecule has 0 aliphatic carbocycles. The molecule has 2 rings (SSSR count). The topological polar surface area (TPSA) is 61.4 Å². The molecule has 5 nitrogen and oxygen atoms in total. The zero-order valence-electron chi connectivity index (χ0n) is 14.0. The summed E-state index contributed by atoms with van der Waals surface area (Å²) in [7, 11) is 0. The van der Waals surface area contributed by atoms with E-state index in [1.807, 2.05) is 5.38 Å². The van der Waals surface area contributed by atoms with Gasteiger partial charge in [-0.15, -0.1) is 0 Å². The fourth-order valence-corrected chi connectivity index (χ4v) is 2.98. The number of benzene rings is 1. The monoisotopic (exact) mass is 345 g/mol. The Bertz CT molecular complexity index is 667. The van der Waals surface area contributed by atoms with Gasteiger partial charge in [-0.2, -0.15) is 11.3 Å². The van der Waals surface area contributed by atoms with Crippen molar-refractivity contribution in [3.63, 3.8) is 0 Å².